The van der Waals surface area contributed by atoms with Crippen LogP contribution in [-0.2, 0) is 4.74 Å². The molecule has 5 heteroatoms. The molecular formula is C18H25ClN2O2. The fraction of sp³-hybridized carbons (Fsp3) is 0.611. The lowest BCUT2D eigenvalue weighted by molar-refractivity contribution is 0.00259. The molecule has 3 rings (SSSR count). The number of carbonyl (C=O) groups excluding carboxylic acids is 1. The van der Waals surface area contributed by atoms with Crippen LogP contribution in [0, 0.1) is 0 Å². The Labute approximate surface area is 143 Å². The van der Waals surface area contributed by atoms with Crippen molar-refractivity contribution in [2.75, 3.05) is 13.1 Å². The Kier molecular flexibility index (Phi) is 4.56. The van der Waals surface area contributed by atoms with Crippen LogP contribution in [0.15, 0.2) is 24.3 Å². The van der Waals surface area contributed by atoms with Gasteiger partial charge in [0.1, 0.15) is 5.60 Å². The molecule has 0 unspecified atom stereocenters. The van der Waals surface area contributed by atoms with E-state index in [0.29, 0.717) is 18.0 Å². The van der Waals surface area contributed by atoms with Crippen molar-refractivity contribution in [3.8, 4) is 0 Å². The summed E-state index contributed by atoms with van der Waals surface area (Å²) in [6.07, 6.45) is 2.03. The molecule has 2 fully saturated rings. The van der Waals surface area contributed by atoms with Crippen LogP contribution in [0.25, 0.3) is 0 Å². The van der Waals surface area contributed by atoms with E-state index in [-0.39, 0.29) is 6.09 Å². The van der Waals surface area contributed by atoms with E-state index < -0.39 is 5.60 Å². The molecule has 0 bridgehead atoms. The SMILES string of the molecule is CC(C)(C)OC(=O)N1CC(NC2CC(c3ccccc3Cl)C2)C1. The molecule has 4 nitrogen and oxygen atoms in total. The zero-order chi connectivity index (χ0) is 16.6. The van der Waals surface area contributed by atoms with Gasteiger partial charge in [-0.3, -0.25) is 0 Å². The smallest absolute Gasteiger partial charge is 0.410 e. The summed E-state index contributed by atoms with van der Waals surface area (Å²) in [7, 11) is 0. The number of carbonyl (C=O) groups is 1. The molecule has 1 aromatic rings. The summed E-state index contributed by atoms with van der Waals surface area (Å²) in [5, 5.41) is 4.50. The van der Waals surface area contributed by atoms with E-state index >= 15 is 0 Å². The molecule has 0 atom stereocenters. The van der Waals surface area contributed by atoms with Crippen LogP contribution in [0.4, 0.5) is 4.79 Å². The van der Waals surface area contributed by atoms with E-state index in [2.05, 4.69) is 11.4 Å². The Hall–Kier alpha value is -1.26. The van der Waals surface area contributed by atoms with E-state index in [0.717, 1.165) is 31.0 Å². The number of ether oxygens (including phenoxy) is 1. The second-order valence-electron chi connectivity index (χ2n) is 7.64. The van der Waals surface area contributed by atoms with Gasteiger partial charge >= 0.3 is 6.09 Å². The van der Waals surface area contributed by atoms with Crippen molar-refractivity contribution >= 4 is 17.7 Å². The maximum Gasteiger partial charge on any atom is 0.410 e. The minimum atomic E-state index is -0.425. The van der Waals surface area contributed by atoms with Crippen LogP contribution in [0.1, 0.15) is 45.1 Å². The lowest BCUT2D eigenvalue weighted by Crippen LogP contribution is -2.63. The second kappa shape index (κ2) is 6.33. The number of amides is 1. The van der Waals surface area contributed by atoms with Gasteiger partial charge in [0, 0.05) is 30.2 Å². The number of hydrogen-bond acceptors (Lipinski definition) is 3. The van der Waals surface area contributed by atoms with Crippen molar-refractivity contribution in [1.29, 1.82) is 0 Å². The summed E-state index contributed by atoms with van der Waals surface area (Å²) in [5.41, 5.74) is 0.836. The number of nitrogens with one attached hydrogen (secondary N) is 1. The van der Waals surface area contributed by atoms with E-state index in [9.17, 15) is 4.79 Å². The minimum absolute atomic E-state index is 0.210. The van der Waals surface area contributed by atoms with Gasteiger partial charge in [0.15, 0.2) is 0 Å². The maximum absolute atomic E-state index is 11.9. The van der Waals surface area contributed by atoms with Crippen molar-refractivity contribution in [2.24, 2.45) is 0 Å². The average molecular weight is 337 g/mol. The summed E-state index contributed by atoms with van der Waals surface area (Å²) in [6.45, 7) is 7.15. The molecular weight excluding hydrogens is 312 g/mol. The van der Waals surface area contributed by atoms with Crippen molar-refractivity contribution in [3.63, 3.8) is 0 Å². The number of halogens is 1. The summed E-state index contributed by atoms with van der Waals surface area (Å²) in [4.78, 5) is 13.6. The Morgan fingerprint density at radius 2 is 1.87 bits per heavy atom. The third kappa shape index (κ3) is 3.99. The van der Waals surface area contributed by atoms with Crippen LogP contribution in [-0.4, -0.2) is 41.8 Å². The quantitative estimate of drug-likeness (QED) is 0.913. The molecule has 1 N–H and O–H groups in total. The van der Waals surface area contributed by atoms with Crippen LogP contribution in [0.3, 0.4) is 0 Å². The zero-order valence-electron chi connectivity index (χ0n) is 14.0. The van der Waals surface area contributed by atoms with E-state index in [1.54, 1.807) is 4.90 Å². The monoisotopic (exact) mass is 336 g/mol. The van der Waals surface area contributed by atoms with Gasteiger partial charge in [-0.15, -0.1) is 0 Å². The highest BCUT2D eigenvalue weighted by atomic mass is 35.5. The first-order valence-corrected chi connectivity index (χ1v) is 8.68. The van der Waals surface area contributed by atoms with Gasteiger partial charge in [-0.05, 0) is 51.2 Å². The number of nitrogens with zero attached hydrogens (tertiary/aromatic N) is 1. The van der Waals surface area contributed by atoms with Crippen molar-refractivity contribution in [2.45, 2.75) is 57.2 Å². The highest BCUT2D eigenvalue weighted by Crippen LogP contribution is 2.40. The Morgan fingerprint density at radius 3 is 2.48 bits per heavy atom. The molecule has 1 saturated heterocycles. The minimum Gasteiger partial charge on any atom is -0.444 e. The topological polar surface area (TPSA) is 41.6 Å². The van der Waals surface area contributed by atoms with Crippen molar-refractivity contribution < 1.29 is 9.53 Å². The number of likely N-dealkylation sites (tertiary alicyclic amines) is 1. The van der Waals surface area contributed by atoms with Gasteiger partial charge in [-0.25, -0.2) is 4.79 Å². The largest absolute Gasteiger partial charge is 0.444 e. The van der Waals surface area contributed by atoms with Crippen molar-refractivity contribution in [3.05, 3.63) is 34.9 Å². The van der Waals surface area contributed by atoms with Gasteiger partial charge in [0.2, 0.25) is 0 Å². The summed E-state index contributed by atoms with van der Waals surface area (Å²) < 4.78 is 5.37. The lowest BCUT2D eigenvalue weighted by Gasteiger charge is -2.45. The Morgan fingerprint density at radius 1 is 1.22 bits per heavy atom. The molecule has 0 aromatic heterocycles. The summed E-state index contributed by atoms with van der Waals surface area (Å²) in [5.74, 6) is 0.559. The molecule has 1 saturated carbocycles. The van der Waals surface area contributed by atoms with Crippen LogP contribution in [0.2, 0.25) is 5.02 Å². The molecule has 0 spiro atoms. The maximum atomic E-state index is 11.9. The average Bonchev–Trinajstić information content (AvgIpc) is 2.34. The second-order valence-corrected chi connectivity index (χ2v) is 8.04. The third-order valence-electron chi connectivity index (χ3n) is 4.49. The Balaban J connectivity index is 1.38. The lowest BCUT2D eigenvalue weighted by atomic mass is 9.75. The number of benzene rings is 1. The number of rotatable bonds is 3. The van der Waals surface area contributed by atoms with E-state index in [1.807, 2.05) is 39.0 Å². The molecule has 1 aliphatic heterocycles. The van der Waals surface area contributed by atoms with E-state index in [4.69, 9.17) is 16.3 Å². The predicted octanol–water partition coefficient (Wildman–Crippen LogP) is 3.79. The van der Waals surface area contributed by atoms with E-state index in [1.165, 1.54) is 5.56 Å². The van der Waals surface area contributed by atoms with Crippen molar-refractivity contribution in [1.82, 2.24) is 10.2 Å². The van der Waals surface area contributed by atoms with Gasteiger partial charge < -0.3 is 15.0 Å². The molecule has 0 radical (unpaired) electrons. The standard InChI is InChI=1S/C18H25ClN2O2/c1-18(2,3)23-17(22)21-10-14(11-21)20-13-8-12(9-13)15-6-4-5-7-16(15)19/h4-7,12-14,20H,8-11H2,1-3H3. The molecule has 1 aliphatic carbocycles. The predicted molar refractivity (Wildman–Crippen MR) is 91.9 cm³/mol. The van der Waals surface area contributed by atoms with Crippen LogP contribution >= 0.6 is 11.6 Å². The molecule has 1 heterocycles. The first-order valence-electron chi connectivity index (χ1n) is 8.30. The van der Waals surface area contributed by atoms with Crippen LogP contribution in [0.5, 0.6) is 0 Å². The highest BCUT2D eigenvalue weighted by molar-refractivity contribution is 6.31. The Bertz CT molecular complexity index is 573. The molecule has 1 aromatic carbocycles. The fourth-order valence-electron chi connectivity index (χ4n) is 3.21. The van der Waals surface area contributed by atoms with Gasteiger partial charge in [0.05, 0.1) is 0 Å². The van der Waals surface area contributed by atoms with Crippen LogP contribution < -0.4 is 5.32 Å². The fourth-order valence-corrected chi connectivity index (χ4v) is 3.50. The zero-order valence-corrected chi connectivity index (χ0v) is 14.8. The van der Waals surface area contributed by atoms with Gasteiger partial charge in [-0.2, -0.15) is 0 Å². The molecule has 23 heavy (non-hydrogen) atoms. The highest BCUT2D eigenvalue weighted by Gasteiger charge is 2.38. The first kappa shape index (κ1) is 16.6. The third-order valence-corrected chi connectivity index (χ3v) is 4.83. The summed E-state index contributed by atoms with van der Waals surface area (Å²) >= 11 is 6.25. The molecule has 1 amide bonds. The van der Waals surface area contributed by atoms with Gasteiger partial charge in [-0.1, -0.05) is 29.8 Å². The molecule has 2 aliphatic rings. The number of hydrogen-bond donors (Lipinski definition) is 1. The normalized spacial score (nSPS) is 24.8. The summed E-state index contributed by atoms with van der Waals surface area (Å²) in [6, 6.07) is 9.02. The molecule has 126 valence electrons. The first-order chi connectivity index (χ1) is 10.8. The van der Waals surface area contributed by atoms with Gasteiger partial charge in [0.25, 0.3) is 0 Å².